The summed E-state index contributed by atoms with van der Waals surface area (Å²) >= 11 is 0. The molecule has 0 radical (unpaired) electrons. The molecular formula is C19H24N6O. The van der Waals surface area contributed by atoms with Crippen LogP contribution in [-0.4, -0.2) is 30.5 Å². The molecule has 7 nitrogen and oxygen atoms in total. The zero-order valence-electron chi connectivity index (χ0n) is 15.4. The molecule has 0 bridgehead atoms. The minimum Gasteiger partial charge on any atom is -0.349 e. The van der Waals surface area contributed by atoms with Gasteiger partial charge < -0.3 is 9.88 Å². The molecule has 2 heterocycles. The Morgan fingerprint density at radius 1 is 1.19 bits per heavy atom. The largest absolute Gasteiger partial charge is 0.349 e. The molecule has 0 spiro atoms. The molecule has 3 rings (SSSR count). The van der Waals surface area contributed by atoms with Gasteiger partial charge in [0.15, 0.2) is 5.82 Å². The van der Waals surface area contributed by atoms with Crippen LogP contribution in [0, 0.1) is 0 Å². The van der Waals surface area contributed by atoms with Gasteiger partial charge in [-0.2, -0.15) is 5.10 Å². The number of rotatable bonds is 7. The molecule has 0 fully saturated rings. The highest BCUT2D eigenvalue weighted by Crippen LogP contribution is 2.12. The maximum Gasteiger partial charge on any atom is 0.220 e. The first-order valence-corrected chi connectivity index (χ1v) is 8.78. The van der Waals surface area contributed by atoms with Crippen molar-refractivity contribution in [2.75, 3.05) is 0 Å². The summed E-state index contributed by atoms with van der Waals surface area (Å²) < 4.78 is 3.76. The Kier molecular flexibility index (Phi) is 5.46. The second kappa shape index (κ2) is 7.95. The van der Waals surface area contributed by atoms with E-state index in [4.69, 9.17) is 0 Å². The number of benzene rings is 1. The van der Waals surface area contributed by atoms with Gasteiger partial charge in [0.25, 0.3) is 0 Å². The van der Waals surface area contributed by atoms with E-state index in [1.54, 1.807) is 6.20 Å². The number of carbonyl (C=O) groups excluding carboxylic acids is 1. The summed E-state index contributed by atoms with van der Waals surface area (Å²) in [7, 11) is 1.93. The van der Waals surface area contributed by atoms with Crippen molar-refractivity contribution in [3.63, 3.8) is 0 Å². The Bertz CT molecular complexity index is 865. The fraction of sp³-hybridized carbons (Fsp3) is 0.368. The molecule has 26 heavy (non-hydrogen) atoms. The Hall–Kier alpha value is -2.96. The average Bonchev–Trinajstić information content (AvgIpc) is 3.26. The molecule has 0 atom stereocenters. The van der Waals surface area contributed by atoms with Crippen molar-refractivity contribution in [1.29, 1.82) is 0 Å². The zero-order chi connectivity index (χ0) is 18.5. The molecule has 1 aromatic carbocycles. The Morgan fingerprint density at radius 3 is 2.65 bits per heavy atom. The minimum absolute atomic E-state index is 0.00782. The summed E-state index contributed by atoms with van der Waals surface area (Å²) in [5, 5.41) is 15.6. The maximum absolute atomic E-state index is 12.1. The third-order valence-electron chi connectivity index (χ3n) is 4.26. The second-order valence-corrected chi connectivity index (χ2v) is 6.59. The van der Waals surface area contributed by atoms with Crippen LogP contribution >= 0.6 is 0 Å². The topological polar surface area (TPSA) is 77.6 Å². The summed E-state index contributed by atoms with van der Waals surface area (Å²) in [6.45, 7) is 4.53. The molecule has 0 aliphatic heterocycles. The van der Waals surface area contributed by atoms with Crippen LogP contribution < -0.4 is 5.32 Å². The van der Waals surface area contributed by atoms with Crippen molar-refractivity contribution in [2.45, 2.75) is 39.2 Å². The fourth-order valence-corrected chi connectivity index (χ4v) is 2.77. The van der Waals surface area contributed by atoms with E-state index in [0.29, 0.717) is 25.3 Å². The molecule has 136 valence electrons. The van der Waals surface area contributed by atoms with Gasteiger partial charge in [-0.25, -0.2) is 4.68 Å². The van der Waals surface area contributed by atoms with Gasteiger partial charge in [-0.05, 0) is 24.1 Å². The van der Waals surface area contributed by atoms with Crippen LogP contribution in [0.15, 0.2) is 42.7 Å². The smallest absolute Gasteiger partial charge is 0.220 e. The Balaban J connectivity index is 1.50. The van der Waals surface area contributed by atoms with Crippen LogP contribution in [0.4, 0.5) is 0 Å². The molecule has 3 aromatic rings. The highest BCUT2D eigenvalue weighted by atomic mass is 16.1. The lowest BCUT2D eigenvalue weighted by Crippen LogP contribution is -2.24. The van der Waals surface area contributed by atoms with Gasteiger partial charge in [0.2, 0.25) is 5.91 Å². The van der Waals surface area contributed by atoms with Crippen LogP contribution in [0.5, 0.6) is 0 Å². The quantitative estimate of drug-likeness (QED) is 0.708. The van der Waals surface area contributed by atoms with Crippen molar-refractivity contribution in [3.05, 3.63) is 59.9 Å². The van der Waals surface area contributed by atoms with Crippen LogP contribution in [0.1, 0.15) is 43.4 Å². The van der Waals surface area contributed by atoms with Gasteiger partial charge in [-0.15, -0.1) is 10.2 Å². The summed E-state index contributed by atoms with van der Waals surface area (Å²) in [6, 6.07) is 9.91. The monoisotopic (exact) mass is 352 g/mol. The van der Waals surface area contributed by atoms with E-state index in [9.17, 15) is 4.79 Å². The second-order valence-electron chi connectivity index (χ2n) is 6.59. The van der Waals surface area contributed by atoms with Crippen LogP contribution in [-0.2, 0) is 24.8 Å². The van der Waals surface area contributed by atoms with Crippen molar-refractivity contribution in [1.82, 2.24) is 29.9 Å². The molecule has 0 saturated heterocycles. The predicted octanol–water partition coefficient (Wildman–Crippen LogP) is 2.37. The first kappa shape index (κ1) is 17.8. The van der Waals surface area contributed by atoms with Crippen molar-refractivity contribution >= 4 is 5.91 Å². The van der Waals surface area contributed by atoms with Gasteiger partial charge in [-0.1, -0.05) is 32.0 Å². The van der Waals surface area contributed by atoms with E-state index in [0.717, 1.165) is 22.9 Å². The number of para-hydroxylation sites is 1. The predicted molar refractivity (Wildman–Crippen MR) is 98.8 cm³/mol. The number of nitrogens with zero attached hydrogens (tertiary/aromatic N) is 5. The average molecular weight is 352 g/mol. The standard InChI is InChI=1S/C19H24N6O/c1-14(2)19-23-22-17(24(19)3)12-20-18(26)10-9-15-11-21-25(13-15)16-7-5-4-6-8-16/h4-8,11,13-14H,9-10,12H2,1-3H3,(H,20,26). The summed E-state index contributed by atoms with van der Waals surface area (Å²) in [5.74, 6) is 1.98. The van der Waals surface area contributed by atoms with Gasteiger partial charge in [0.1, 0.15) is 5.82 Å². The lowest BCUT2D eigenvalue weighted by Gasteiger charge is -2.07. The van der Waals surface area contributed by atoms with E-state index < -0.39 is 0 Å². The van der Waals surface area contributed by atoms with Gasteiger partial charge in [0.05, 0.1) is 18.4 Å². The highest BCUT2D eigenvalue weighted by Gasteiger charge is 2.12. The number of amides is 1. The first-order chi connectivity index (χ1) is 12.5. The molecule has 1 N–H and O–H groups in total. The molecule has 0 aliphatic rings. The van der Waals surface area contributed by atoms with Crippen molar-refractivity contribution in [2.24, 2.45) is 7.05 Å². The third-order valence-corrected chi connectivity index (χ3v) is 4.26. The third kappa shape index (κ3) is 4.17. The van der Waals surface area contributed by atoms with E-state index in [-0.39, 0.29) is 5.91 Å². The first-order valence-electron chi connectivity index (χ1n) is 8.78. The van der Waals surface area contributed by atoms with Crippen molar-refractivity contribution < 1.29 is 4.79 Å². The fourth-order valence-electron chi connectivity index (χ4n) is 2.77. The van der Waals surface area contributed by atoms with Crippen LogP contribution in [0.2, 0.25) is 0 Å². The summed E-state index contributed by atoms with van der Waals surface area (Å²) in [5.41, 5.74) is 2.04. The van der Waals surface area contributed by atoms with Crippen LogP contribution in [0.3, 0.4) is 0 Å². The van der Waals surface area contributed by atoms with Crippen LogP contribution in [0.25, 0.3) is 5.69 Å². The van der Waals surface area contributed by atoms with Gasteiger partial charge >= 0.3 is 0 Å². The number of hydrogen-bond donors (Lipinski definition) is 1. The van der Waals surface area contributed by atoms with Gasteiger partial charge in [0, 0.05) is 25.6 Å². The summed E-state index contributed by atoms with van der Waals surface area (Å²) in [6.07, 6.45) is 4.82. The SMILES string of the molecule is CC(C)c1nnc(CNC(=O)CCc2cnn(-c3ccccc3)c2)n1C. The lowest BCUT2D eigenvalue weighted by atomic mass is 10.2. The number of hydrogen-bond acceptors (Lipinski definition) is 4. The Morgan fingerprint density at radius 2 is 1.96 bits per heavy atom. The molecule has 0 aliphatic carbocycles. The lowest BCUT2D eigenvalue weighted by molar-refractivity contribution is -0.121. The summed E-state index contributed by atoms with van der Waals surface area (Å²) in [4.78, 5) is 12.1. The number of aromatic nitrogens is 5. The molecular weight excluding hydrogens is 328 g/mol. The Labute approximate surface area is 153 Å². The van der Waals surface area contributed by atoms with Gasteiger partial charge in [-0.3, -0.25) is 4.79 Å². The maximum atomic E-state index is 12.1. The van der Waals surface area contributed by atoms with E-state index in [2.05, 4.69) is 34.5 Å². The molecule has 0 unspecified atom stereocenters. The normalized spacial score (nSPS) is 11.1. The zero-order valence-corrected chi connectivity index (χ0v) is 15.4. The number of carbonyl (C=O) groups is 1. The van der Waals surface area contributed by atoms with Crippen molar-refractivity contribution in [3.8, 4) is 5.69 Å². The molecule has 7 heteroatoms. The molecule has 0 saturated carbocycles. The number of aryl methyl sites for hydroxylation is 1. The minimum atomic E-state index is -0.00782. The number of nitrogens with one attached hydrogen (secondary N) is 1. The van der Waals surface area contributed by atoms with E-state index in [1.165, 1.54) is 0 Å². The highest BCUT2D eigenvalue weighted by molar-refractivity contribution is 5.76. The van der Waals surface area contributed by atoms with E-state index in [1.807, 2.05) is 52.8 Å². The molecule has 1 amide bonds. The van der Waals surface area contributed by atoms with E-state index >= 15 is 0 Å². The molecule has 2 aromatic heterocycles.